The van der Waals surface area contributed by atoms with Gasteiger partial charge in [-0.2, -0.15) is 4.31 Å². The molecule has 0 aromatic heterocycles. The van der Waals surface area contributed by atoms with E-state index in [-0.39, 0.29) is 18.7 Å². The predicted molar refractivity (Wildman–Crippen MR) is 69.7 cm³/mol. The van der Waals surface area contributed by atoms with Gasteiger partial charge < -0.3 is 10.5 Å². The molecule has 1 aromatic carbocycles. The first kappa shape index (κ1) is 15.6. The number of sulfonamides is 1. The number of carbonyl (C=O) groups excluding carboxylic acids is 1. The molecule has 1 saturated heterocycles. The number of hydrogen-bond acceptors (Lipinski definition) is 5. The van der Waals surface area contributed by atoms with Gasteiger partial charge in [-0.25, -0.2) is 17.2 Å². The Morgan fingerprint density at radius 3 is 2.48 bits per heavy atom. The molecule has 0 amide bonds. The number of esters is 1. The first-order valence-corrected chi connectivity index (χ1v) is 7.57. The van der Waals surface area contributed by atoms with E-state index in [4.69, 9.17) is 5.73 Å². The number of nitrogens with two attached hydrogens (primary N) is 1. The Labute approximate surface area is 120 Å². The SMILES string of the molecule is COC(=O)C1CCCN1S(=O)(=O)c1c(F)cc(N)cc1F. The zero-order chi connectivity index (χ0) is 15.8. The Kier molecular flexibility index (Phi) is 4.15. The Morgan fingerprint density at radius 1 is 1.38 bits per heavy atom. The summed E-state index contributed by atoms with van der Waals surface area (Å²) in [6.45, 7) is -0.00857. The van der Waals surface area contributed by atoms with E-state index in [1.54, 1.807) is 0 Å². The molecule has 2 N–H and O–H groups in total. The van der Waals surface area contributed by atoms with Gasteiger partial charge in [0.15, 0.2) is 4.90 Å². The highest BCUT2D eigenvalue weighted by Gasteiger charge is 2.42. The van der Waals surface area contributed by atoms with Gasteiger partial charge in [0.1, 0.15) is 17.7 Å². The summed E-state index contributed by atoms with van der Waals surface area (Å²) >= 11 is 0. The van der Waals surface area contributed by atoms with E-state index in [0.717, 1.165) is 23.5 Å². The zero-order valence-electron chi connectivity index (χ0n) is 11.2. The highest BCUT2D eigenvalue weighted by atomic mass is 32.2. The van der Waals surface area contributed by atoms with Crippen LogP contribution in [0.15, 0.2) is 17.0 Å². The van der Waals surface area contributed by atoms with Crippen molar-refractivity contribution < 1.29 is 26.7 Å². The highest BCUT2D eigenvalue weighted by Crippen LogP contribution is 2.30. The minimum absolute atomic E-state index is 0.00857. The Morgan fingerprint density at radius 2 is 1.95 bits per heavy atom. The number of benzene rings is 1. The topological polar surface area (TPSA) is 89.7 Å². The summed E-state index contributed by atoms with van der Waals surface area (Å²) in [6.07, 6.45) is 0.640. The van der Waals surface area contributed by atoms with Crippen molar-refractivity contribution >= 4 is 21.7 Å². The van der Waals surface area contributed by atoms with Gasteiger partial charge >= 0.3 is 5.97 Å². The molecular formula is C12H14F2N2O4S. The van der Waals surface area contributed by atoms with E-state index in [1.165, 1.54) is 0 Å². The highest BCUT2D eigenvalue weighted by molar-refractivity contribution is 7.89. The molecule has 1 aliphatic heterocycles. The van der Waals surface area contributed by atoms with Gasteiger partial charge in [0.25, 0.3) is 0 Å². The van der Waals surface area contributed by atoms with Crippen LogP contribution in [0.2, 0.25) is 0 Å². The number of methoxy groups -OCH3 is 1. The Bertz CT molecular complexity index is 655. The van der Waals surface area contributed by atoms with Crippen LogP contribution >= 0.6 is 0 Å². The predicted octanol–water partition coefficient (Wildman–Crippen LogP) is 0.873. The standard InChI is InChI=1S/C12H14F2N2O4S/c1-20-12(17)10-3-2-4-16(10)21(18,19)11-8(13)5-7(15)6-9(11)14/h5-6,10H,2-4,15H2,1H3. The lowest BCUT2D eigenvalue weighted by Crippen LogP contribution is -2.41. The number of hydrogen-bond donors (Lipinski definition) is 1. The minimum Gasteiger partial charge on any atom is -0.468 e. The number of nitrogen functional groups attached to an aromatic ring is 1. The smallest absolute Gasteiger partial charge is 0.324 e. The summed E-state index contributed by atoms with van der Waals surface area (Å²) in [5.41, 5.74) is 5.03. The molecule has 0 radical (unpaired) electrons. The first-order chi connectivity index (χ1) is 9.78. The number of rotatable bonds is 3. The molecule has 1 aromatic rings. The third-order valence-electron chi connectivity index (χ3n) is 3.26. The molecule has 6 nitrogen and oxygen atoms in total. The summed E-state index contributed by atoms with van der Waals surface area (Å²) in [7, 11) is -3.37. The molecule has 0 saturated carbocycles. The van der Waals surface area contributed by atoms with Gasteiger partial charge in [0.05, 0.1) is 7.11 Å². The molecule has 1 aliphatic rings. The molecule has 21 heavy (non-hydrogen) atoms. The van der Waals surface area contributed by atoms with Gasteiger partial charge in [-0.15, -0.1) is 0 Å². The maximum atomic E-state index is 13.8. The van der Waals surface area contributed by atoms with Crippen LogP contribution in [-0.4, -0.2) is 38.4 Å². The van der Waals surface area contributed by atoms with Crippen LogP contribution in [0.3, 0.4) is 0 Å². The van der Waals surface area contributed by atoms with Crippen molar-refractivity contribution in [2.45, 2.75) is 23.8 Å². The van der Waals surface area contributed by atoms with Crippen molar-refractivity contribution in [3.63, 3.8) is 0 Å². The normalized spacial score (nSPS) is 19.7. The van der Waals surface area contributed by atoms with E-state index >= 15 is 0 Å². The lowest BCUT2D eigenvalue weighted by molar-refractivity contribution is -0.144. The van der Waals surface area contributed by atoms with Crippen molar-refractivity contribution in [1.82, 2.24) is 4.31 Å². The molecule has 1 heterocycles. The molecule has 1 atom stereocenters. The molecule has 1 fully saturated rings. The molecule has 1 unspecified atom stereocenters. The van der Waals surface area contributed by atoms with Crippen LogP contribution in [0.1, 0.15) is 12.8 Å². The van der Waals surface area contributed by atoms with Crippen LogP contribution in [0.5, 0.6) is 0 Å². The first-order valence-electron chi connectivity index (χ1n) is 6.13. The van der Waals surface area contributed by atoms with Gasteiger partial charge in [-0.3, -0.25) is 4.79 Å². The van der Waals surface area contributed by atoms with Crippen LogP contribution in [0.4, 0.5) is 14.5 Å². The van der Waals surface area contributed by atoms with E-state index < -0.39 is 38.6 Å². The lowest BCUT2D eigenvalue weighted by atomic mass is 10.2. The van der Waals surface area contributed by atoms with Crippen molar-refractivity contribution in [2.24, 2.45) is 0 Å². The average Bonchev–Trinajstić information content (AvgIpc) is 2.86. The largest absolute Gasteiger partial charge is 0.468 e. The van der Waals surface area contributed by atoms with Crippen LogP contribution in [0, 0.1) is 11.6 Å². The van der Waals surface area contributed by atoms with Gasteiger partial charge in [-0.1, -0.05) is 0 Å². The molecule has 0 bridgehead atoms. The second-order valence-electron chi connectivity index (χ2n) is 4.61. The van der Waals surface area contributed by atoms with Crippen molar-refractivity contribution in [3.05, 3.63) is 23.8 Å². The van der Waals surface area contributed by atoms with Gasteiger partial charge in [0, 0.05) is 12.2 Å². The van der Waals surface area contributed by atoms with Crippen LogP contribution < -0.4 is 5.73 Å². The Hall–Kier alpha value is -1.74. The van der Waals surface area contributed by atoms with E-state index in [1.807, 2.05) is 0 Å². The summed E-state index contributed by atoms with van der Waals surface area (Å²) < 4.78 is 57.8. The van der Waals surface area contributed by atoms with Crippen molar-refractivity contribution in [3.8, 4) is 0 Å². The van der Waals surface area contributed by atoms with E-state index in [0.29, 0.717) is 6.42 Å². The monoisotopic (exact) mass is 320 g/mol. The molecule has 2 rings (SSSR count). The van der Waals surface area contributed by atoms with E-state index in [2.05, 4.69) is 4.74 Å². The quantitative estimate of drug-likeness (QED) is 0.659. The van der Waals surface area contributed by atoms with Gasteiger partial charge in [-0.05, 0) is 25.0 Å². The third-order valence-corrected chi connectivity index (χ3v) is 5.22. The maximum absolute atomic E-state index is 13.8. The molecule has 0 aliphatic carbocycles. The van der Waals surface area contributed by atoms with Crippen molar-refractivity contribution in [2.75, 3.05) is 19.4 Å². The number of ether oxygens (including phenoxy) is 1. The third kappa shape index (κ3) is 2.70. The average molecular weight is 320 g/mol. The Balaban J connectivity index is 2.50. The molecule has 9 heteroatoms. The second-order valence-corrected chi connectivity index (χ2v) is 6.44. The summed E-state index contributed by atoms with van der Waals surface area (Å²) in [4.78, 5) is 10.5. The summed E-state index contributed by atoms with van der Waals surface area (Å²) in [6, 6.07) is 0.370. The fourth-order valence-electron chi connectivity index (χ4n) is 2.34. The number of nitrogens with zero attached hydrogens (tertiary/aromatic N) is 1. The molecular weight excluding hydrogens is 306 g/mol. The number of carbonyl (C=O) groups is 1. The molecule has 0 spiro atoms. The maximum Gasteiger partial charge on any atom is 0.324 e. The fraction of sp³-hybridized carbons (Fsp3) is 0.417. The molecule has 116 valence electrons. The lowest BCUT2D eigenvalue weighted by Gasteiger charge is -2.22. The zero-order valence-corrected chi connectivity index (χ0v) is 12.0. The van der Waals surface area contributed by atoms with E-state index in [9.17, 15) is 22.0 Å². The van der Waals surface area contributed by atoms with Crippen LogP contribution in [-0.2, 0) is 19.6 Å². The number of anilines is 1. The van der Waals surface area contributed by atoms with Gasteiger partial charge in [0.2, 0.25) is 10.0 Å². The van der Waals surface area contributed by atoms with Crippen molar-refractivity contribution in [1.29, 1.82) is 0 Å². The summed E-state index contributed by atoms with van der Waals surface area (Å²) in [5.74, 6) is -3.33. The fourth-order valence-corrected chi connectivity index (χ4v) is 4.08. The number of halogens is 2. The van der Waals surface area contributed by atoms with Crippen LogP contribution in [0.25, 0.3) is 0 Å². The summed E-state index contributed by atoms with van der Waals surface area (Å²) in [5, 5.41) is 0. The second kappa shape index (κ2) is 5.57. The minimum atomic E-state index is -4.49.